The molecule has 0 aliphatic rings. The second kappa shape index (κ2) is 10.3. The van der Waals surface area contributed by atoms with Crippen LogP contribution in [-0.2, 0) is 27.8 Å². The van der Waals surface area contributed by atoms with Crippen LogP contribution in [0.15, 0.2) is 23.2 Å². The number of anilines is 3. The molecule has 0 fully saturated rings. The van der Waals surface area contributed by atoms with Crippen LogP contribution >= 0.6 is 11.6 Å². The average Bonchev–Trinajstić information content (AvgIpc) is 2.66. The van der Waals surface area contributed by atoms with Gasteiger partial charge in [0.05, 0.1) is 30.4 Å². The van der Waals surface area contributed by atoms with Gasteiger partial charge in [0, 0.05) is 30.1 Å². The van der Waals surface area contributed by atoms with Gasteiger partial charge in [0.1, 0.15) is 10.7 Å². The zero-order valence-electron chi connectivity index (χ0n) is 16.9. The van der Waals surface area contributed by atoms with Crippen molar-refractivity contribution in [2.45, 2.75) is 43.9 Å². The van der Waals surface area contributed by atoms with Crippen LogP contribution in [-0.4, -0.2) is 54.5 Å². The van der Waals surface area contributed by atoms with Gasteiger partial charge in [-0.05, 0) is 25.5 Å². The van der Waals surface area contributed by atoms with Crippen LogP contribution in [0.25, 0.3) is 0 Å². The molecule has 1 aromatic carbocycles. The molecule has 2 atom stereocenters. The summed E-state index contributed by atoms with van der Waals surface area (Å²) < 4.78 is 28.6. The number of nitrogens with one attached hydrogen (secondary N) is 2. The molecule has 2 aromatic rings. The van der Waals surface area contributed by atoms with Gasteiger partial charge >= 0.3 is 0 Å². The largest absolute Gasteiger partial charge is 0.392 e. The van der Waals surface area contributed by atoms with E-state index in [0.717, 1.165) is 5.56 Å². The van der Waals surface area contributed by atoms with Crippen LogP contribution in [0.1, 0.15) is 25.0 Å². The standard InChI is InChI=1S/C18H26ClN5O5S/c1-4-11-7-21-18(24-17(11)23-15(9-29-3)10(2)26)22-13-5-12(8-25)16(14(19)6-13)30(20,27)28/h5-7,10,15,25-26H,4,8-9H2,1-3H3,(H2,20,27,28)(H2,21,22,23,24)/t10-,15-/m1/s1. The molecule has 0 aliphatic carbocycles. The fourth-order valence-electron chi connectivity index (χ4n) is 2.80. The molecule has 6 N–H and O–H groups in total. The normalized spacial score (nSPS) is 13.7. The highest BCUT2D eigenvalue weighted by molar-refractivity contribution is 7.89. The monoisotopic (exact) mass is 459 g/mol. The van der Waals surface area contributed by atoms with E-state index in [4.69, 9.17) is 21.5 Å². The third-order valence-electron chi connectivity index (χ3n) is 4.33. The third kappa shape index (κ3) is 6.00. The predicted octanol–water partition coefficient (Wildman–Crippen LogP) is 1.38. The van der Waals surface area contributed by atoms with Crippen molar-refractivity contribution >= 4 is 39.1 Å². The summed E-state index contributed by atoms with van der Waals surface area (Å²) in [5.41, 5.74) is 1.25. The molecule has 0 saturated heterocycles. The molecule has 1 heterocycles. The van der Waals surface area contributed by atoms with Gasteiger partial charge in [0.15, 0.2) is 0 Å². The van der Waals surface area contributed by atoms with Crippen molar-refractivity contribution in [1.29, 1.82) is 0 Å². The number of nitrogens with two attached hydrogens (primary N) is 1. The number of aromatic nitrogens is 2. The first-order chi connectivity index (χ1) is 14.1. The van der Waals surface area contributed by atoms with Crippen molar-refractivity contribution < 1.29 is 23.4 Å². The van der Waals surface area contributed by atoms with Crippen molar-refractivity contribution in [3.05, 3.63) is 34.5 Å². The number of rotatable bonds is 10. The molecule has 10 nitrogen and oxygen atoms in total. The maximum absolute atomic E-state index is 11.7. The predicted molar refractivity (Wildman–Crippen MR) is 114 cm³/mol. The number of aliphatic hydroxyl groups excluding tert-OH is 2. The van der Waals surface area contributed by atoms with Crippen molar-refractivity contribution in [3.63, 3.8) is 0 Å². The van der Waals surface area contributed by atoms with Crippen LogP contribution < -0.4 is 15.8 Å². The molecule has 1 aromatic heterocycles. The molecule has 0 radical (unpaired) electrons. The Morgan fingerprint density at radius 3 is 2.57 bits per heavy atom. The van der Waals surface area contributed by atoms with E-state index >= 15 is 0 Å². The lowest BCUT2D eigenvalue weighted by molar-refractivity contribution is 0.106. The number of benzene rings is 1. The van der Waals surface area contributed by atoms with E-state index in [-0.39, 0.29) is 34.1 Å². The van der Waals surface area contributed by atoms with E-state index < -0.39 is 22.7 Å². The molecule has 30 heavy (non-hydrogen) atoms. The topological polar surface area (TPSA) is 160 Å². The van der Waals surface area contributed by atoms with Gasteiger partial charge in [0.25, 0.3) is 0 Å². The first-order valence-electron chi connectivity index (χ1n) is 9.13. The van der Waals surface area contributed by atoms with Gasteiger partial charge in [-0.3, -0.25) is 0 Å². The second-order valence-electron chi connectivity index (χ2n) is 6.64. The van der Waals surface area contributed by atoms with Gasteiger partial charge in [-0.2, -0.15) is 4.98 Å². The fraction of sp³-hybridized carbons (Fsp3) is 0.444. The van der Waals surface area contributed by atoms with Crippen LogP contribution in [0.2, 0.25) is 5.02 Å². The summed E-state index contributed by atoms with van der Waals surface area (Å²) >= 11 is 6.08. The van der Waals surface area contributed by atoms with Crippen LogP contribution in [0.3, 0.4) is 0 Å². The number of aliphatic hydroxyl groups is 2. The summed E-state index contributed by atoms with van der Waals surface area (Å²) in [6.07, 6.45) is 1.61. The zero-order valence-corrected chi connectivity index (χ0v) is 18.5. The number of hydrogen-bond donors (Lipinski definition) is 5. The number of primary sulfonamides is 1. The molecule has 0 spiro atoms. The molecule has 0 amide bonds. The van der Waals surface area contributed by atoms with Gasteiger partial charge in [-0.25, -0.2) is 18.5 Å². The summed E-state index contributed by atoms with van der Waals surface area (Å²) in [5, 5.41) is 30.6. The average molecular weight is 460 g/mol. The summed E-state index contributed by atoms with van der Waals surface area (Å²) in [4.78, 5) is 8.37. The summed E-state index contributed by atoms with van der Waals surface area (Å²) in [6.45, 7) is 3.30. The van der Waals surface area contributed by atoms with Gasteiger partial charge in [-0.1, -0.05) is 18.5 Å². The Hall–Kier alpha value is -2.02. The smallest absolute Gasteiger partial charge is 0.239 e. The number of sulfonamides is 1. The number of hydrogen-bond acceptors (Lipinski definition) is 9. The molecule has 0 saturated carbocycles. The minimum atomic E-state index is -4.11. The molecule has 12 heteroatoms. The first-order valence-corrected chi connectivity index (χ1v) is 11.1. The quantitative estimate of drug-likeness (QED) is 0.353. The molecule has 0 aliphatic heterocycles. The van der Waals surface area contributed by atoms with Crippen molar-refractivity contribution in [2.24, 2.45) is 5.14 Å². The Morgan fingerprint density at radius 2 is 2.03 bits per heavy atom. The third-order valence-corrected chi connectivity index (χ3v) is 5.79. The maximum Gasteiger partial charge on any atom is 0.239 e. The second-order valence-corrected chi connectivity index (χ2v) is 8.55. The Bertz CT molecular complexity index is 987. The number of ether oxygens (including phenoxy) is 1. The van der Waals surface area contributed by atoms with E-state index in [2.05, 4.69) is 20.6 Å². The Morgan fingerprint density at radius 1 is 1.33 bits per heavy atom. The highest BCUT2D eigenvalue weighted by Crippen LogP contribution is 2.30. The summed E-state index contributed by atoms with van der Waals surface area (Å²) in [6, 6.07) is 2.38. The lowest BCUT2D eigenvalue weighted by atomic mass is 10.1. The Balaban J connectivity index is 2.38. The van der Waals surface area contributed by atoms with Crippen molar-refractivity contribution in [1.82, 2.24) is 9.97 Å². The number of methoxy groups -OCH3 is 1. The molecular formula is C18H26ClN5O5S. The highest BCUT2D eigenvalue weighted by atomic mass is 35.5. The van der Waals surface area contributed by atoms with E-state index in [1.165, 1.54) is 12.1 Å². The van der Waals surface area contributed by atoms with Crippen molar-refractivity contribution in [3.8, 4) is 0 Å². The summed E-state index contributed by atoms with van der Waals surface area (Å²) in [5.74, 6) is 0.729. The number of halogens is 1. The lowest BCUT2D eigenvalue weighted by Crippen LogP contribution is -2.36. The molecule has 166 valence electrons. The number of nitrogens with zero attached hydrogens (tertiary/aromatic N) is 2. The molecule has 0 unspecified atom stereocenters. The van der Waals surface area contributed by atoms with Crippen LogP contribution in [0, 0.1) is 0 Å². The minimum absolute atomic E-state index is 0.0466. The van der Waals surface area contributed by atoms with Gasteiger partial charge in [-0.15, -0.1) is 0 Å². The molecule has 0 bridgehead atoms. The zero-order chi connectivity index (χ0) is 22.5. The SMILES string of the molecule is CCc1cnc(Nc2cc(Cl)c(S(N)(=O)=O)c(CO)c2)nc1N[C@H](COC)[C@@H](C)O. The van der Waals surface area contributed by atoms with E-state index in [0.29, 0.717) is 17.9 Å². The van der Waals surface area contributed by atoms with Gasteiger partial charge in [0.2, 0.25) is 16.0 Å². The van der Waals surface area contributed by atoms with Crippen molar-refractivity contribution in [2.75, 3.05) is 24.4 Å². The van der Waals surface area contributed by atoms with E-state index in [9.17, 15) is 18.6 Å². The fourth-order valence-corrected chi connectivity index (χ4v) is 4.18. The van der Waals surface area contributed by atoms with E-state index in [1.54, 1.807) is 20.2 Å². The lowest BCUT2D eigenvalue weighted by Gasteiger charge is -2.22. The highest BCUT2D eigenvalue weighted by Gasteiger charge is 2.20. The van der Waals surface area contributed by atoms with Gasteiger partial charge < -0.3 is 25.6 Å². The first kappa shape index (κ1) is 24.3. The number of aryl methyl sites for hydroxylation is 1. The Kier molecular flexibility index (Phi) is 8.35. The van der Waals surface area contributed by atoms with Crippen LogP contribution in [0.4, 0.5) is 17.5 Å². The van der Waals surface area contributed by atoms with E-state index in [1.807, 2.05) is 6.92 Å². The molecular weight excluding hydrogens is 434 g/mol. The van der Waals surface area contributed by atoms with Crippen LogP contribution in [0.5, 0.6) is 0 Å². The minimum Gasteiger partial charge on any atom is -0.392 e. The Labute approximate surface area is 180 Å². The molecule has 2 rings (SSSR count). The summed E-state index contributed by atoms with van der Waals surface area (Å²) in [7, 11) is -2.57. The maximum atomic E-state index is 11.7.